The molecule has 1 unspecified atom stereocenters. The van der Waals surface area contributed by atoms with Gasteiger partial charge in [-0.3, -0.25) is 4.99 Å². The number of rotatable bonds is 10. The molecule has 0 aliphatic rings. The van der Waals surface area contributed by atoms with Gasteiger partial charge in [0.15, 0.2) is 5.96 Å². The van der Waals surface area contributed by atoms with E-state index in [1.54, 1.807) is 14.2 Å². The van der Waals surface area contributed by atoms with Gasteiger partial charge in [-0.25, -0.2) is 13.1 Å². The number of benzene rings is 2. The van der Waals surface area contributed by atoms with Gasteiger partial charge in [-0.2, -0.15) is 0 Å². The highest BCUT2D eigenvalue weighted by Gasteiger charge is 2.09. The van der Waals surface area contributed by atoms with Crippen LogP contribution in [0.3, 0.4) is 0 Å². The van der Waals surface area contributed by atoms with Crippen LogP contribution in [0, 0.1) is 0 Å². The van der Waals surface area contributed by atoms with Crippen LogP contribution in [0.2, 0.25) is 0 Å². The Labute approximate surface area is 180 Å². The van der Waals surface area contributed by atoms with Gasteiger partial charge in [0.25, 0.3) is 0 Å². The molecule has 0 amide bonds. The van der Waals surface area contributed by atoms with Crippen molar-refractivity contribution in [1.82, 2.24) is 15.4 Å². The molecule has 1 atom stereocenters. The second kappa shape index (κ2) is 11.6. The molecule has 0 aliphatic heterocycles. The number of aliphatic imine (C=N–C) groups is 1. The van der Waals surface area contributed by atoms with Gasteiger partial charge >= 0.3 is 0 Å². The van der Waals surface area contributed by atoms with E-state index in [9.17, 15) is 8.42 Å². The van der Waals surface area contributed by atoms with Gasteiger partial charge in [-0.15, -0.1) is 0 Å². The first-order valence-corrected chi connectivity index (χ1v) is 11.6. The Morgan fingerprint density at radius 3 is 2.23 bits per heavy atom. The lowest BCUT2D eigenvalue weighted by molar-refractivity contribution is 0.414. The largest absolute Gasteiger partial charge is 0.497 e. The molecule has 8 heteroatoms. The van der Waals surface area contributed by atoms with Crippen molar-refractivity contribution in [3.8, 4) is 5.75 Å². The van der Waals surface area contributed by atoms with Crippen LogP contribution >= 0.6 is 0 Å². The van der Waals surface area contributed by atoms with E-state index in [1.807, 2.05) is 36.4 Å². The van der Waals surface area contributed by atoms with Crippen LogP contribution in [0.4, 0.5) is 0 Å². The van der Waals surface area contributed by atoms with Crippen LogP contribution in [-0.2, 0) is 22.3 Å². The van der Waals surface area contributed by atoms with Crippen LogP contribution in [0.5, 0.6) is 5.75 Å². The van der Waals surface area contributed by atoms with E-state index >= 15 is 0 Å². The Balaban J connectivity index is 1.77. The Bertz CT molecular complexity index is 910. The first-order valence-electron chi connectivity index (χ1n) is 9.94. The molecular formula is C22H32N4O3S. The summed E-state index contributed by atoms with van der Waals surface area (Å²) in [5, 5.41) is 6.62. The lowest BCUT2D eigenvalue weighted by Gasteiger charge is -2.15. The van der Waals surface area contributed by atoms with Crippen LogP contribution in [0.1, 0.15) is 36.0 Å². The van der Waals surface area contributed by atoms with Crippen molar-refractivity contribution >= 4 is 16.0 Å². The van der Waals surface area contributed by atoms with Gasteiger partial charge in [0.05, 0.1) is 12.9 Å². The summed E-state index contributed by atoms with van der Waals surface area (Å²) in [5.74, 6) is 2.00. The van der Waals surface area contributed by atoms with Gasteiger partial charge in [-0.05, 0) is 48.2 Å². The van der Waals surface area contributed by atoms with Crippen molar-refractivity contribution < 1.29 is 13.2 Å². The molecule has 0 spiro atoms. The highest BCUT2D eigenvalue weighted by Crippen LogP contribution is 2.21. The zero-order valence-electron chi connectivity index (χ0n) is 18.1. The second-order valence-electron chi connectivity index (χ2n) is 7.10. The van der Waals surface area contributed by atoms with Crippen LogP contribution in [-0.4, -0.2) is 42.1 Å². The third-order valence-electron chi connectivity index (χ3n) is 4.93. The normalized spacial score (nSPS) is 13.0. The van der Waals surface area contributed by atoms with Crippen molar-refractivity contribution in [2.24, 2.45) is 4.99 Å². The monoisotopic (exact) mass is 432 g/mol. The molecule has 0 radical (unpaired) electrons. The fraction of sp³-hybridized carbons (Fsp3) is 0.409. The zero-order valence-corrected chi connectivity index (χ0v) is 18.9. The third-order valence-corrected chi connectivity index (χ3v) is 6.26. The Morgan fingerprint density at radius 1 is 1.03 bits per heavy atom. The lowest BCUT2D eigenvalue weighted by atomic mass is 9.98. The molecule has 0 saturated heterocycles. The van der Waals surface area contributed by atoms with E-state index < -0.39 is 10.0 Å². The highest BCUT2D eigenvalue weighted by molar-refractivity contribution is 7.88. The molecule has 164 valence electrons. The lowest BCUT2D eigenvalue weighted by Crippen LogP contribution is -2.37. The van der Waals surface area contributed by atoms with Crippen molar-refractivity contribution in [3.05, 3.63) is 65.2 Å². The summed E-state index contributed by atoms with van der Waals surface area (Å²) in [7, 11) is 1.58. The van der Waals surface area contributed by atoms with Crippen LogP contribution in [0.15, 0.2) is 53.5 Å². The quantitative estimate of drug-likeness (QED) is 0.397. The number of methoxy groups -OCH3 is 1. The van der Waals surface area contributed by atoms with E-state index in [4.69, 9.17) is 4.74 Å². The summed E-state index contributed by atoms with van der Waals surface area (Å²) in [6, 6.07) is 15.7. The molecule has 7 nitrogen and oxygen atoms in total. The summed E-state index contributed by atoms with van der Waals surface area (Å²) in [5.41, 5.74) is 3.08. The average Bonchev–Trinajstić information content (AvgIpc) is 2.76. The van der Waals surface area contributed by atoms with Crippen LogP contribution in [0.25, 0.3) is 0 Å². The Kier molecular flexibility index (Phi) is 9.14. The van der Waals surface area contributed by atoms with E-state index in [-0.39, 0.29) is 5.75 Å². The van der Waals surface area contributed by atoms with Gasteiger partial charge in [-0.1, -0.05) is 43.3 Å². The fourth-order valence-electron chi connectivity index (χ4n) is 2.96. The molecule has 0 aliphatic carbocycles. The minimum absolute atomic E-state index is 0.0210. The number of hydrogen-bond acceptors (Lipinski definition) is 4. The number of nitrogens with one attached hydrogen (secondary N) is 3. The molecule has 2 rings (SSSR count). The van der Waals surface area contributed by atoms with E-state index in [0.717, 1.165) is 35.8 Å². The van der Waals surface area contributed by atoms with Gasteiger partial charge in [0.1, 0.15) is 5.75 Å². The van der Waals surface area contributed by atoms with E-state index in [0.29, 0.717) is 12.5 Å². The average molecular weight is 433 g/mol. The highest BCUT2D eigenvalue weighted by atomic mass is 32.2. The second-order valence-corrected chi connectivity index (χ2v) is 9.02. The van der Waals surface area contributed by atoms with Crippen molar-refractivity contribution in [1.29, 1.82) is 0 Å². The molecule has 2 aromatic rings. The van der Waals surface area contributed by atoms with Crippen molar-refractivity contribution in [2.75, 3.05) is 27.7 Å². The molecule has 30 heavy (non-hydrogen) atoms. The van der Waals surface area contributed by atoms with Crippen molar-refractivity contribution in [3.63, 3.8) is 0 Å². The van der Waals surface area contributed by atoms with E-state index in [1.165, 1.54) is 12.6 Å². The fourth-order valence-corrected chi connectivity index (χ4v) is 3.73. The van der Waals surface area contributed by atoms with Crippen molar-refractivity contribution in [2.45, 2.75) is 31.6 Å². The molecule has 0 heterocycles. The van der Waals surface area contributed by atoms with E-state index in [2.05, 4.69) is 39.4 Å². The molecule has 0 aromatic heterocycles. The Morgan fingerprint density at radius 2 is 1.67 bits per heavy atom. The predicted molar refractivity (Wildman–Crippen MR) is 122 cm³/mol. The number of sulfonamides is 1. The zero-order chi connectivity index (χ0) is 22.0. The summed E-state index contributed by atoms with van der Waals surface area (Å²) < 4.78 is 30.8. The maximum Gasteiger partial charge on any atom is 0.215 e. The van der Waals surface area contributed by atoms with Gasteiger partial charge < -0.3 is 15.4 Å². The molecular weight excluding hydrogens is 400 g/mol. The Hall–Kier alpha value is -2.58. The minimum atomic E-state index is -3.26. The van der Waals surface area contributed by atoms with Gasteiger partial charge in [0.2, 0.25) is 10.0 Å². The van der Waals surface area contributed by atoms with Crippen LogP contribution < -0.4 is 20.1 Å². The summed E-state index contributed by atoms with van der Waals surface area (Å²) in [6.07, 6.45) is 0.974. The topological polar surface area (TPSA) is 91.8 Å². The maximum atomic E-state index is 11.6. The summed E-state index contributed by atoms with van der Waals surface area (Å²) in [6.45, 7) is 3.61. The molecule has 0 bridgehead atoms. The molecule has 0 fully saturated rings. The predicted octanol–water partition coefficient (Wildman–Crippen LogP) is 2.60. The SMILES string of the molecule is CN=C(NCCC(C)c1ccc(OC)cc1)NCc1ccc(CS(=O)(=O)NC)cc1. The smallest absolute Gasteiger partial charge is 0.215 e. The molecule has 2 aromatic carbocycles. The number of nitrogens with zero attached hydrogens (tertiary/aromatic N) is 1. The summed E-state index contributed by atoms with van der Waals surface area (Å²) >= 11 is 0. The maximum absolute atomic E-state index is 11.6. The molecule has 0 saturated carbocycles. The number of ether oxygens (including phenoxy) is 1. The standard InChI is InChI=1S/C22H32N4O3S/c1-17(20-9-11-21(29-4)12-10-20)13-14-25-22(23-2)26-15-18-5-7-19(8-6-18)16-30(27,28)24-3/h5-12,17,24H,13-16H2,1-4H3,(H2,23,25,26). The minimum Gasteiger partial charge on any atom is -0.497 e. The number of hydrogen-bond donors (Lipinski definition) is 3. The first-order chi connectivity index (χ1) is 14.4. The summed E-state index contributed by atoms with van der Waals surface area (Å²) in [4.78, 5) is 4.26. The molecule has 3 N–H and O–H groups in total. The number of guanidine groups is 1. The third kappa shape index (κ3) is 7.68. The first kappa shape index (κ1) is 23.7. The van der Waals surface area contributed by atoms with Gasteiger partial charge in [0, 0.05) is 20.1 Å².